The second-order valence-electron chi connectivity index (χ2n) is 5.18. The Balaban J connectivity index is 1.99. The van der Waals surface area contributed by atoms with E-state index in [1.54, 1.807) is 6.92 Å². The van der Waals surface area contributed by atoms with E-state index in [0.29, 0.717) is 0 Å². The molecule has 3 rings (SSSR count). The Morgan fingerprint density at radius 2 is 2.21 bits per heavy atom. The molecule has 0 bridgehead atoms. The van der Waals surface area contributed by atoms with E-state index < -0.39 is 0 Å². The highest BCUT2D eigenvalue weighted by molar-refractivity contribution is 5.79. The molecule has 1 aromatic carbocycles. The summed E-state index contributed by atoms with van der Waals surface area (Å²) in [5, 5.41) is 1.15. The molecular formula is C16H18N2O. The smallest absolute Gasteiger partial charge is 0.219 e. The van der Waals surface area contributed by atoms with Crippen molar-refractivity contribution < 1.29 is 4.79 Å². The van der Waals surface area contributed by atoms with Crippen molar-refractivity contribution in [2.75, 3.05) is 6.54 Å². The molecule has 0 aliphatic carbocycles. The van der Waals surface area contributed by atoms with Gasteiger partial charge in [0.25, 0.3) is 0 Å². The van der Waals surface area contributed by atoms with E-state index in [1.807, 2.05) is 17.2 Å². The van der Waals surface area contributed by atoms with Gasteiger partial charge < -0.3 is 4.90 Å². The molecule has 0 unspecified atom stereocenters. The first kappa shape index (κ1) is 12.2. The van der Waals surface area contributed by atoms with Crippen LogP contribution in [0.25, 0.3) is 10.9 Å². The van der Waals surface area contributed by atoms with E-state index >= 15 is 0 Å². The number of aromatic nitrogens is 1. The number of hydrogen-bond donors (Lipinski definition) is 0. The number of hydrogen-bond acceptors (Lipinski definition) is 2. The lowest BCUT2D eigenvalue weighted by Crippen LogP contribution is -2.36. The highest BCUT2D eigenvalue weighted by Gasteiger charge is 2.25. The Morgan fingerprint density at radius 3 is 3.05 bits per heavy atom. The first-order chi connectivity index (χ1) is 9.25. The summed E-state index contributed by atoms with van der Waals surface area (Å²) in [6.07, 6.45) is 5.18. The van der Waals surface area contributed by atoms with Crippen LogP contribution < -0.4 is 0 Å². The molecular weight excluding hydrogens is 236 g/mol. The van der Waals surface area contributed by atoms with E-state index in [0.717, 1.165) is 30.3 Å². The van der Waals surface area contributed by atoms with Gasteiger partial charge in [-0.1, -0.05) is 12.1 Å². The van der Waals surface area contributed by atoms with E-state index in [1.165, 1.54) is 12.0 Å². The molecule has 1 atom stereocenters. The van der Waals surface area contributed by atoms with Gasteiger partial charge in [-0.15, -0.1) is 0 Å². The fourth-order valence-electron chi connectivity index (χ4n) is 2.96. The zero-order chi connectivity index (χ0) is 13.2. The number of nitrogens with zero attached hydrogens (tertiary/aromatic N) is 2. The molecule has 1 aliphatic heterocycles. The topological polar surface area (TPSA) is 33.2 Å². The molecule has 0 spiro atoms. The number of likely N-dealkylation sites (tertiary alicyclic amines) is 1. The van der Waals surface area contributed by atoms with Crippen molar-refractivity contribution >= 4 is 16.8 Å². The molecule has 3 heteroatoms. The van der Waals surface area contributed by atoms with Gasteiger partial charge in [0.2, 0.25) is 5.91 Å². The number of pyridine rings is 1. The Labute approximate surface area is 113 Å². The Bertz CT molecular complexity index is 608. The normalized spacial score (nSPS) is 19.6. The third-order valence-corrected chi connectivity index (χ3v) is 3.92. The third kappa shape index (κ3) is 2.33. The van der Waals surface area contributed by atoms with Crippen LogP contribution in [0.4, 0.5) is 0 Å². The lowest BCUT2D eigenvalue weighted by Gasteiger charge is -2.35. The van der Waals surface area contributed by atoms with Crippen molar-refractivity contribution in [2.45, 2.75) is 32.2 Å². The van der Waals surface area contributed by atoms with Gasteiger partial charge in [0.1, 0.15) is 0 Å². The lowest BCUT2D eigenvalue weighted by molar-refractivity contribution is -0.132. The molecule has 1 amide bonds. The van der Waals surface area contributed by atoms with Gasteiger partial charge in [-0.25, -0.2) is 0 Å². The molecule has 1 aromatic heterocycles. The number of fused-ring (bicyclic) bond motifs is 1. The van der Waals surface area contributed by atoms with Crippen LogP contribution in [0.15, 0.2) is 36.5 Å². The van der Waals surface area contributed by atoms with Crippen molar-refractivity contribution in [3.63, 3.8) is 0 Å². The van der Waals surface area contributed by atoms with Gasteiger partial charge in [0.15, 0.2) is 0 Å². The summed E-state index contributed by atoms with van der Waals surface area (Å²) < 4.78 is 0. The Morgan fingerprint density at radius 1 is 1.32 bits per heavy atom. The minimum absolute atomic E-state index is 0.177. The average molecular weight is 254 g/mol. The average Bonchev–Trinajstić information content (AvgIpc) is 2.46. The molecule has 3 nitrogen and oxygen atoms in total. The summed E-state index contributed by atoms with van der Waals surface area (Å²) in [5.74, 6) is 0.177. The lowest BCUT2D eigenvalue weighted by atomic mass is 9.94. The number of benzene rings is 1. The molecule has 1 saturated heterocycles. The summed E-state index contributed by atoms with van der Waals surface area (Å²) >= 11 is 0. The number of piperidine rings is 1. The molecule has 2 aromatic rings. The molecule has 1 aliphatic rings. The van der Waals surface area contributed by atoms with E-state index in [9.17, 15) is 4.79 Å². The first-order valence-electron chi connectivity index (χ1n) is 6.87. The van der Waals surface area contributed by atoms with Crippen LogP contribution in [0.5, 0.6) is 0 Å². The Hall–Kier alpha value is -1.90. The monoisotopic (exact) mass is 254 g/mol. The predicted octanol–water partition coefficient (Wildman–Crippen LogP) is 3.31. The van der Waals surface area contributed by atoms with Crippen molar-refractivity contribution in [3.05, 3.63) is 42.1 Å². The predicted molar refractivity (Wildman–Crippen MR) is 75.7 cm³/mol. The maximum absolute atomic E-state index is 11.8. The van der Waals surface area contributed by atoms with E-state index in [-0.39, 0.29) is 11.9 Å². The van der Waals surface area contributed by atoms with Gasteiger partial charge in [0, 0.05) is 25.1 Å². The van der Waals surface area contributed by atoms with Crippen LogP contribution in [0.3, 0.4) is 0 Å². The molecule has 0 saturated carbocycles. The number of carbonyl (C=O) groups excluding carboxylic acids is 1. The van der Waals surface area contributed by atoms with Crippen LogP contribution in [0, 0.1) is 0 Å². The fourth-order valence-corrected chi connectivity index (χ4v) is 2.96. The van der Waals surface area contributed by atoms with Crippen molar-refractivity contribution in [2.24, 2.45) is 0 Å². The van der Waals surface area contributed by atoms with Gasteiger partial charge in [0.05, 0.1) is 11.6 Å². The summed E-state index contributed by atoms with van der Waals surface area (Å²) in [6, 6.07) is 10.6. The summed E-state index contributed by atoms with van der Waals surface area (Å²) in [5.41, 5.74) is 2.24. The standard InChI is InChI=1S/C16H18N2O/c1-12(19)18-10-3-2-6-16(18)14-7-8-15-13(11-14)5-4-9-17-15/h4-5,7-9,11,16H,2-3,6,10H2,1H3/t16-/m0/s1. The summed E-state index contributed by atoms with van der Waals surface area (Å²) in [6.45, 7) is 2.55. The van der Waals surface area contributed by atoms with Crippen molar-refractivity contribution in [3.8, 4) is 0 Å². The van der Waals surface area contributed by atoms with Crippen LogP contribution in [0.1, 0.15) is 37.8 Å². The maximum Gasteiger partial charge on any atom is 0.219 e. The minimum atomic E-state index is 0.177. The number of amides is 1. The molecule has 0 N–H and O–H groups in total. The second kappa shape index (κ2) is 5.00. The van der Waals surface area contributed by atoms with E-state index in [4.69, 9.17) is 0 Å². The Kier molecular flexibility index (Phi) is 3.20. The van der Waals surface area contributed by atoms with Gasteiger partial charge >= 0.3 is 0 Å². The summed E-state index contributed by atoms with van der Waals surface area (Å²) in [7, 11) is 0. The van der Waals surface area contributed by atoms with Crippen LogP contribution in [-0.2, 0) is 4.79 Å². The highest BCUT2D eigenvalue weighted by atomic mass is 16.2. The quantitative estimate of drug-likeness (QED) is 0.782. The summed E-state index contributed by atoms with van der Waals surface area (Å²) in [4.78, 5) is 18.1. The van der Waals surface area contributed by atoms with Crippen molar-refractivity contribution in [1.82, 2.24) is 9.88 Å². The van der Waals surface area contributed by atoms with Crippen LogP contribution in [-0.4, -0.2) is 22.3 Å². The van der Waals surface area contributed by atoms with Crippen molar-refractivity contribution in [1.29, 1.82) is 0 Å². The molecule has 0 radical (unpaired) electrons. The number of rotatable bonds is 1. The zero-order valence-electron chi connectivity index (χ0n) is 11.2. The molecule has 1 fully saturated rings. The molecule has 98 valence electrons. The first-order valence-corrected chi connectivity index (χ1v) is 6.87. The molecule has 19 heavy (non-hydrogen) atoms. The van der Waals surface area contributed by atoms with Gasteiger partial charge in [-0.2, -0.15) is 0 Å². The van der Waals surface area contributed by atoms with Crippen LogP contribution >= 0.6 is 0 Å². The third-order valence-electron chi connectivity index (χ3n) is 3.92. The fraction of sp³-hybridized carbons (Fsp3) is 0.375. The van der Waals surface area contributed by atoms with Gasteiger partial charge in [-0.3, -0.25) is 9.78 Å². The van der Waals surface area contributed by atoms with Crippen LogP contribution in [0.2, 0.25) is 0 Å². The highest BCUT2D eigenvalue weighted by Crippen LogP contribution is 2.32. The SMILES string of the molecule is CC(=O)N1CCCC[C@H]1c1ccc2ncccc2c1. The minimum Gasteiger partial charge on any atom is -0.336 e. The number of carbonyl (C=O) groups is 1. The maximum atomic E-state index is 11.8. The van der Waals surface area contributed by atoms with Gasteiger partial charge in [-0.05, 0) is 43.0 Å². The van der Waals surface area contributed by atoms with E-state index in [2.05, 4.69) is 29.2 Å². The largest absolute Gasteiger partial charge is 0.336 e. The zero-order valence-corrected chi connectivity index (χ0v) is 11.2. The molecule has 2 heterocycles. The second-order valence-corrected chi connectivity index (χ2v) is 5.18.